The first-order valence-corrected chi connectivity index (χ1v) is 4.56. The molecule has 0 bridgehead atoms. The van der Waals surface area contributed by atoms with E-state index in [1.54, 1.807) is 0 Å². The fourth-order valence-corrected chi connectivity index (χ4v) is 1.16. The van der Waals surface area contributed by atoms with Crippen LogP contribution in [0, 0.1) is 0 Å². The van der Waals surface area contributed by atoms with Gasteiger partial charge in [0.2, 0.25) is 5.78 Å². The van der Waals surface area contributed by atoms with Crippen LogP contribution in [-0.4, -0.2) is 26.5 Å². The van der Waals surface area contributed by atoms with Crippen LogP contribution >= 0.6 is 23.2 Å². The van der Waals surface area contributed by atoms with Crippen molar-refractivity contribution in [3.63, 3.8) is 0 Å². The summed E-state index contributed by atoms with van der Waals surface area (Å²) in [6.45, 7) is 0. The molecule has 6 heteroatoms. The number of carboxylic acids is 1. The molecular weight excluding hydrogens is 243 g/mol. The van der Waals surface area contributed by atoms with Gasteiger partial charge < -0.3 is 10.2 Å². The van der Waals surface area contributed by atoms with Crippen molar-refractivity contribution in [1.82, 2.24) is 0 Å². The molecule has 0 unspecified atom stereocenters. The monoisotopic (exact) mass is 248 g/mol. The molecule has 0 heterocycles. The molecule has 0 spiro atoms. The molecule has 80 valence electrons. The van der Waals surface area contributed by atoms with Gasteiger partial charge in [-0.15, -0.1) is 0 Å². The fraction of sp³-hybridized carbons (Fsp3) is 0.111. The van der Waals surface area contributed by atoms with Gasteiger partial charge in [-0.1, -0.05) is 35.3 Å². The molecule has 0 amide bonds. The van der Waals surface area contributed by atoms with Crippen LogP contribution in [0.1, 0.15) is 20.7 Å². The Bertz CT molecular complexity index is 392. The van der Waals surface area contributed by atoms with E-state index in [1.807, 2.05) is 0 Å². The van der Waals surface area contributed by atoms with Crippen molar-refractivity contribution in [2.24, 2.45) is 0 Å². The van der Waals surface area contributed by atoms with Crippen molar-refractivity contribution in [3.05, 3.63) is 35.4 Å². The molecule has 0 aliphatic heterocycles. The maximum atomic E-state index is 11.3. The Morgan fingerprint density at radius 2 is 1.47 bits per heavy atom. The number of ketones is 1. The summed E-state index contributed by atoms with van der Waals surface area (Å²) in [6.07, 6.45) is 0. The van der Waals surface area contributed by atoms with Crippen LogP contribution in [0.15, 0.2) is 24.3 Å². The number of aromatic carboxylic acids is 1. The average molecular weight is 249 g/mol. The van der Waals surface area contributed by atoms with Crippen molar-refractivity contribution in [3.8, 4) is 0 Å². The van der Waals surface area contributed by atoms with E-state index in [1.165, 1.54) is 24.3 Å². The maximum absolute atomic E-state index is 11.3. The first-order valence-electron chi connectivity index (χ1n) is 3.80. The number of aliphatic hydroxyl groups is 1. The summed E-state index contributed by atoms with van der Waals surface area (Å²) in [5, 5.41) is 17.6. The maximum Gasteiger partial charge on any atom is 0.335 e. The molecule has 1 rings (SSSR count). The average Bonchev–Trinajstić information content (AvgIpc) is 2.15. The van der Waals surface area contributed by atoms with Crippen molar-refractivity contribution < 1.29 is 19.8 Å². The molecule has 1 aromatic rings. The zero-order chi connectivity index (χ0) is 11.6. The second-order valence-electron chi connectivity index (χ2n) is 2.75. The minimum absolute atomic E-state index is 0.0271. The van der Waals surface area contributed by atoms with E-state index in [-0.39, 0.29) is 11.1 Å². The third-order valence-corrected chi connectivity index (χ3v) is 2.01. The highest BCUT2D eigenvalue weighted by molar-refractivity contribution is 6.58. The number of benzene rings is 1. The Morgan fingerprint density at radius 3 is 1.80 bits per heavy atom. The molecule has 0 aliphatic carbocycles. The number of rotatable bonds is 3. The van der Waals surface area contributed by atoms with E-state index in [9.17, 15) is 9.59 Å². The van der Waals surface area contributed by atoms with E-state index in [0.29, 0.717) is 0 Å². The second kappa shape index (κ2) is 4.18. The third-order valence-electron chi connectivity index (χ3n) is 1.67. The van der Waals surface area contributed by atoms with Crippen molar-refractivity contribution in [2.75, 3.05) is 0 Å². The predicted octanol–water partition coefficient (Wildman–Crippen LogP) is 1.69. The zero-order valence-electron chi connectivity index (χ0n) is 7.28. The molecule has 15 heavy (non-hydrogen) atoms. The molecule has 0 aliphatic rings. The van der Waals surface area contributed by atoms with Gasteiger partial charge in [-0.25, -0.2) is 4.79 Å². The lowest BCUT2D eigenvalue weighted by Crippen LogP contribution is -2.25. The Labute approximate surface area is 95.0 Å². The molecule has 0 saturated heterocycles. The summed E-state index contributed by atoms with van der Waals surface area (Å²) in [5.41, 5.74) is 0.0618. The highest BCUT2D eigenvalue weighted by Gasteiger charge is 2.31. The minimum Gasteiger partial charge on any atom is -0.478 e. The van der Waals surface area contributed by atoms with Crippen molar-refractivity contribution in [1.29, 1.82) is 0 Å². The quantitative estimate of drug-likeness (QED) is 0.631. The standard InChI is InChI=1S/C9H6Cl2O4/c10-9(11,15)7(12)5-1-3-6(4-2-5)8(13)14/h1-4,15H,(H,13,14). The van der Waals surface area contributed by atoms with Crippen LogP contribution < -0.4 is 0 Å². The topological polar surface area (TPSA) is 74.6 Å². The molecule has 0 radical (unpaired) electrons. The molecule has 1 aromatic carbocycles. The zero-order valence-corrected chi connectivity index (χ0v) is 8.79. The van der Waals surface area contributed by atoms with Crippen LogP contribution in [-0.2, 0) is 0 Å². The molecule has 0 fully saturated rings. The summed E-state index contributed by atoms with van der Waals surface area (Å²) in [5.74, 6) is -2.01. The lowest BCUT2D eigenvalue weighted by Gasteiger charge is -2.09. The minimum atomic E-state index is -2.50. The van der Waals surface area contributed by atoms with E-state index in [4.69, 9.17) is 33.4 Å². The molecule has 2 N–H and O–H groups in total. The number of Topliss-reactive ketones (excluding diaryl/α,β-unsaturated/α-hetero) is 1. The second-order valence-corrected chi connectivity index (χ2v) is 4.04. The summed E-state index contributed by atoms with van der Waals surface area (Å²) >= 11 is 10.4. The van der Waals surface area contributed by atoms with Gasteiger partial charge in [0.15, 0.2) is 0 Å². The summed E-state index contributed by atoms with van der Waals surface area (Å²) in [7, 11) is 0. The highest BCUT2D eigenvalue weighted by Crippen LogP contribution is 2.22. The normalized spacial score (nSPS) is 11.1. The smallest absolute Gasteiger partial charge is 0.335 e. The van der Waals surface area contributed by atoms with E-state index in [0.717, 1.165) is 0 Å². The number of hydrogen-bond donors (Lipinski definition) is 2. The number of carboxylic acid groups (broad SMARTS) is 1. The SMILES string of the molecule is O=C(O)c1ccc(C(=O)C(O)(Cl)Cl)cc1. The predicted molar refractivity (Wildman–Crippen MR) is 54.4 cm³/mol. The number of hydrogen-bond acceptors (Lipinski definition) is 3. The van der Waals surface area contributed by atoms with Gasteiger partial charge in [-0.3, -0.25) is 4.79 Å². The molecule has 0 saturated carbocycles. The molecule has 4 nitrogen and oxygen atoms in total. The largest absolute Gasteiger partial charge is 0.478 e. The molecule has 0 aromatic heterocycles. The number of carbonyl (C=O) groups is 2. The summed E-state index contributed by atoms with van der Waals surface area (Å²) in [4.78, 5) is 21.8. The Balaban J connectivity index is 3.00. The van der Waals surface area contributed by atoms with Gasteiger partial charge in [0, 0.05) is 5.56 Å². The first kappa shape index (κ1) is 12.0. The highest BCUT2D eigenvalue weighted by atomic mass is 35.5. The van der Waals surface area contributed by atoms with E-state index < -0.39 is 16.3 Å². The van der Waals surface area contributed by atoms with E-state index in [2.05, 4.69) is 0 Å². The van der Waals surface area contributed by atoms with Gasteiger partial charge in [0.1, 0.15) is 0 Å². The molecular formula is C9H6Cl2O4. The Hall–Kier alpha value is -1.10. The van der Waals surface area contributed by atoms with Crippen LogP contribution in [0.5, 0.6) is 0 Å². The van der Waals surface area contributed by atoms with Crippen LogP contribution in [0.25, 0.3) is 0 Å². The number of halogens is 2. The first-order chi connectivity index (χ1) is 6.82. The van der Waals surface area contributed by atoms with Gasteiger partial charge >= 0.3 is 5.97 Å². The number of alkyl halides is 2. The van der Waals surface area contributed by atoms with Crippen LogP contribution in [0.3, 0.4) is 0 Å². The summed E-state index contributed by atoms with van der Waals surface area (Å²) < 4.78 is -2.50. The van der Waals surface area contributed by atoms with Gasteiger partial charge in [0.05, 0.1) is 5.56 Å². The lowest BCUT2D eigenvalue weighted by atomic mass is 10.1. The van der Waals surface area contributed by atoms with Gasteiger partial charge in [-0.2, -0.15) is 0 Å². The van der Waals surface area contributed by atoms with E-state index >= 15 is 0 Å². The molecule has 0 atom stereocenters. The third kappa shape index (κ3) is 2.92. The van der Waals surface area contributed by atoms with Gasteiger partial charge in [0.25, 0.3) is 4.52 Å². The fourth-order valence-electron chi connectivity index (χ4n) is 0.938. The number of carbonyl (C=O) groups excluding carboxylic acids is 1. The van der Waals surface area contributed by atoms with Gasteiger partial charge in [-0.05, 0) is 12.1 Å². The lowest BCUT2D eigenvalue weighted by molar-refractivity contribution is 0.0696. The van der Waals surface area contributed by atoms with Crippen molar-refractivity contribution >= 4 is 35.0 Å². The van der Waals surface area contributed by atoms with Crippen LogP contribution in [0.2, 0.25) is 0 Å². The van der Waals surface area contributed by atoms with Crippen molar-refractivity contribution in [2.45, 2.75) is 4.52 Å². The Morgan fingerprint density at radius 1 is 1.07 bits per heavy atom. The summed E-state index contributed by atoms with van der Waals surface area (Å²) in [6, 6.07) is 4.88. The Kier molecular flexibility index (Phi) is 3.34. The van der Waals surface area contributed by atoms with Crippen LogP contribution in [0.4, 0.5) is 0 Å².